The van der Waals surface area contributed by atoms with Gasteiger partial charge in [0.2, 0.25) is 11.8 Å². The molecule has 1 aliphatic heterocycles. The van der Waals surface area contributed by atoms with Crippen LogP contribution >= 0.6 is 0 Å². The van der Waals surface area contributed by atoms with Crippen molar-refractivity contribution in [2.24, 2.45) is 5.92 Å². The zero-order valence-corrected chi connectivity index (χ0v) is 27.1. The Morgan fingerprint density at radius 3 is 1.98 bits per heavy atom. The fourth-order valence-corrected chi connectivity index (χ4v) is 6.83. The van der Waals surface area contributed by atoms with E-state index in [0.29, 0.717) is 17.6 Å². The summed E-state index contributed by atoms with van der Waals surface area (Å²) < 4.78 is 0. The summed E-state index contributed by atoms with van der Waals surface area (Å²) in [6.45, 7) is 9.86. The number of imide groups is 1. The lowest BCUT2D eigenvalue weighted by Gasteiger charge is -2.39. The Morgan fingerprint density at radius 1 is 0.822 bits per heavy atom. The van der Waals surface area contributed by atoms with Crippen LogP contribution in [0.25, 0.3) is 0 Å². The Hall–Kier alpha value is -3.97. The molecule has 1 N–H and O–H groups in total. The number of amides is 4. The zero-order valence-electron chi connectivity index (χ0n) is 27.1. The van der Waals surface area contributed by atoms with Gasteiger partial charge in [-0.05, 0) is 92.8 Å². The molecule has 3 aromatic carbocycles. The molecule has 7 heteroatoms. The van der Waals surface area contributed by atoms with E-state index in [1.54, 1.807) is 0 Å². The van der Waals surface area contributed by atoms with Gasteiger partial charge in [-0.25, -0.2) is 9.69 Å². The minimum atomic E-state index is -0.210. The first-order valence-corrected chi connectivity index (χ1v) is 16.7. The van der Waals surface area contributed by atoms with Crippen LogP contribution < -0.4 is 10.2 Å². The third-order valence-corrected chi connectivity index (χ3v) is 9.27. The number of likely N-dealkylation sites (tertiary alicyclic amines) is 1. The van der Waals surface area contributed by atoms with Gasteiger partial charge in [-0.15, -0.1) is 0 Å². The Balaban J connectivity index is 1.29. The topological polar surface area (TPSA) is 73.0 Å². The normalized spacial score (nSPS) is 16.8. The zero-order chi connectivity index (χ0) is 31.8. The van der Waals surface area contributed by atoms with Crippen molar-refractivity contribution in [2.45, 2.75) is 77.8 Å². The summed E-state index contributed by atoms with van der Waals surface area (Å²) in [5, 5.41) is 3.02. The summed E-state index contributed by atoms with van der Waals surface area (Å²) in [6, 6.07) is 26.0. The number of likely N-dealkylation sites (N-methyl/N-ethyl adjacent to an activating group) is 1. The number of nitrogens with zero attached hydrogens (tertiary/aromatic N) is 3. The Labute approximate surface area is 268 Å². The number of hydrogen-bond donors (Lipinski definition) is 1. The molecule has 1 fully saturated rings. The van der Waals surface area contributed by atoms with E-state index in [0.717, 1.165) is 69.4 Å². The summed E-state index contributed by atoms with van der Waals surface area (Å²) in [7, 11) is 0. The van der Waals surface area contributed by atoms with Crippen LogP contribution in [0.15, 0.2) is 78.9 Å². The molecular formula is C38H48N4O3. The highest BCUT2D eigenvalue weighted by Gasteiger charge is 2.30. The van der Waals surface area contributed by atoms with Crippen LogP contribution in [0.4, 0.5) is 10.5 Å². The monoisotopic (exact) mass is 608 g/mol. The van der Waals surface area contributed by atoms with Crippen molar-refractivity contribution in [1.29, 1.82) is 0 Å². The first kappa shape index (κ1) is 32.4. The maximum atomic E-state index is 13.7. The van der Waals surface area contributed by atoms with E-state index >= 15 is 0 Å². The number of piperidine rings is 1. The largest absolute Gasteiger partial charge is 0.336 e. The van der Waals surface area contributed by atoms with Gasteiger partial charge in [0.05, 0.1) is 18.5 Å². The Bertz CT molecular complexity index is 1380. The summed E-state index contributed by atoms with van der Waals surface area (Å²) in [4.78, 5) is 45.9. The Kier molecular flexibility index (Phi) is 11.1. The number of urea groups is 1. The molecule has 1 atom stereocenters. The van der Waals surface area contributed by atoms with Crippen LogP contribution in [-0.4, -0.2) is 65.9 Å². The maximum Gasteiger partial charge on any atom is 0.317 e. The second-order valence-corrected chi connectivity index (χ2v) is 12.9. The van der Waals surface area contributed by atoms with Crippen molar-refractivity contribution in [3.05, 3.63) is 101 Å². The molecule has 2 aliphatic rings. The molecule has 7 nitrogen and oxygen atoms in total. The van der Waals surface area contributed by atoms with E-state index in [2.05, 4.69) is 29.3 Å². The van der Waals surface area contributed by atoms with Crippen LogP contribution in [0.2, 0.25) is 0 Å². The number of benzene rings is 3. The summed E-state index contributed by atoms with van der Waals surface area (Å²) in [6.07, 6.45) is 5.38. The van der Waals surface area contributed by atoms with E-state index in [1.165, 1.54) is 16.0 Å². The molecule has 3 aromatic rings. The van der Waals surface area contributed by atoms with Gasteiger partial charge >= 0.3 is 6.03 Å². The highest BCUT2D eigenvalue weighted by molar-refractivity contribution is 6.15. The van der Waals surface area contributed by atoms with Gasteiger partial charge in [0.25, 0.3) is 0 Å². The summed E-state index contributed by atoms with van der Waals surface area (Å²) in [5.74, 6) is 0.151. The van der Waals surface area contributed by atoms with Gasteiger partial charge in [0, 0.05) is 31.7 Å². The third-order valence-electron chi connectivity index (χ3n) is 9.27. The van der Waals surface area contributed by atoms with E-state index < -0.39 is 0 Å². The number of carbonyl (C=O) groups excluding carboxylic acids is 3. The quantitative estimate of drug-likeness (QED) is 0.305. The molecule has 0 bridgehead atoms. The van der Waals surface area contributed by atoms with Gasteiger partial charge < -0.3 is 15.1 Å². The molecule has 1 aliphatic carbocycles. The molecule has 1 unspecified atom stereocenters. The molecule has 1 saturated heterocycles. The number of anilines is 1. The number of carbonyl (C=O) groups is 3. The molecule has 45 heavy (non-hydrogen) atoms. The van der Waals surface area contributed by atoms with Gasteiger partial charge in [-0.2, -0.15) is 0 Å². The average Bonchev–Trinajstić information content (AvgIpc) is 3.04. The van der Waals surface area contributed by atoms with Crippen LogP contribution in [-0.2, 0) is 35.3 Å². The molecule has 1 heterocycles. The molecule has 5 rings (SSSR count). The third kappa shape index (κ3) is 8.60. The highest BCUT2D eigenvalue weighted by atomic mass is 16.2. The van der Waals surface area contributed by atoms with Crippen LogP contribution in [0.1, 0.15) is 62.3 Å². The SMILES string of the molecule is CCN(CC1CCN(C(=O)NC(C)C)CC1)C1CCc2ccc(N(C(=O)Cc3ccccc3)C(=O)Cc3ccccc3)cc2C1. The van der Waals surface area contributed by atoms with Crippen LogP contribution in [0.3, 0.4) is 0 Å². The molecule has 0 spiro atoms. The standard InChI is InChI=1S/C38H48N4O3/c1-4-40(27-31-19-21-41(22-20-31)38(45)39-28(2)3)34-17-15-32-16-18-35(26-33(32)25-34)42(36(43)23-29-11-7-5-8-12-29)37(44)24-30-13-9-6-10-14-30/h5-14,16,18,26,28,31,34H,4,15,17,19-25,27H2,1-3H3,(H,39,45). The van der Waals surface area contributed by atoms with Crippen molar-refractivity contribution in [3.8, 4) is 0 Å². The van der Waals surface area contributed by atoms with Crippen molar-refractivity contribution >= 4 is 23.5 Å². The van der Waals surface area contributed by atoms with Gasteiger partial charge in [-0.1, -0.05) is 73.7 Å². The Morgan fingerprint density at radius 2 is 1.42 bits per heavy atom. The first-order valence-electron chi connectivity index (χ1n) is 16.7. The lowest BCUT2D eigenvalue weighted by atomic mass is 9.86. The molecule has 4 amide bonds. The molecule has 0 radical (unpaired) electrons. The number of aryl methyl sites for hydroxylation is 1. The number of nitrogens with one attached hydrogen (secondary N) is 1. The van der Waals surface area contributed by atoms with Crippen molar-refractivity contribution < 1.29 is 14.4 Å². The minimum Gasteiger partial charge on any atom is -0.336 e. The van der Waals surface area contributed by atoms with E-state index in [4.69, 9.17) is 0 Å². The summed E-state index contributed by atoms with van der Waals surface area (Å²) in [5.41, 5.74) is 4.98. The fraction of sp³-hybridized carbons (Fsp3) is 0.447. The first-order chi connectivity index (χ1) is 21.8. The van der Waals surface area contributed by atoms with Crippen LogP contribution in [0.5, 0.6) is 0 Å². The smallest absolute Gasteiger partial charge is 0.317 e. The molecule has 0 aromatic heterocycles. The lowest BCUT2D eigenvalue weighted by Crippen LogP contribution is -2.49. The maximum absolute atomic E-state index is 13.7. The van der Waals surface area contributed by atoms with Crippen molar-refractivity contribution in [1.82, 2.24) is 15.1 Å². The molecule has 0 saturated carbocycles. The van der Waals surface area contributed by atoms with E-state index in [1.807, 2.05) is 85.5 Å². The van der Waals surface area contributed by atoms with E-state index in [-0.39, 0.29) is 36.7 Å². The van der Waals surface area contributed by atoms with E-state index in [9.17, 15) is 14.4 Å². The van der Waals surface area contributed by atoms with Gasteiger partial charge in [0.1, 0.15) is 0 Å². The minimum absolute atomic E-state index is 0.0500. The predicted molar refractivity (Wildman–Crippen MR) is 180 cm³/mol. The predicted octanol–water partition coefficient (Wildman–Crippen LogP) is 6.04. The number of hydrogen-bond acceptors (Lipinski definition) is 4. The molecular weight excluding hydrogens is 560 g/mol. The molecule has 238 valence electrons. The second-order valence-electron chi connectivity index (χ2n) is 12.9. The van der Waals surface area contributed by atoms with Crippen LogP contribution in [0, 0.1) is 5.92 Å². The van der Waals surface area contributed by atoms with Gasteiger partial charge in [-0.3, -0.25) is 9.59 Å². The highest BCUT2D eigenvalue weighted by Crippen LogP contribution is 2.31. The summed E-state index contributed by atoms with van der Waals surface area (Å²) >= 11 is 0. The van der Waals surface area contributed by atoms with Crippen molar-refractivity contribution in [3.63, 3.8) is 0 Å². The lowest BCUT2D eigenvalue weighted by molar-refractivity contribution is -0.125. The number of rotatable bonds is 10. The fourth-order valence-electron chi connectivity index (χ4n) is 6.83. The van der Waals surface area contributed by atoms with Crippen molar-refractivity contribution in [2.75, 3.05) is 31.1 Å². The van der Waals surface area contributed by atoms with Gasteiger partial charge in [0.15, 0.2) is 0 Å². The average molecular weight is 609 g/mol. The number of fused-ring (bicyclic) bond motifs is 1. The second kappa shape index (κ2) is 15.3.